The van der Waals surface area contributed by atoms with Crippen molar-refractivity contribution in [3.05, 3.63) is 47.4 Å². The second-order valence-electron chi connectivity index (χ2n) is 5.61. The first-order valence-electron chi connectivity index (χ1n) is 7.36. The van der Waals surface area contributed by atoms with Crippen LogP contribution in [0.4, 0.5) is 5.69 Å². The van der Waals surface area contributed by atoms with E-state index in [9.17, 15) is 18.3 Å². The van der Waals surface area contributed by atoms with Crippen LogP contribution in [-0.4, -0.2) is 36.8 Å². The molecule has 134 valence electrons. The number of nitrogens with one attached hydrogen (secondary N) is 2. The predicted octanol–water partition coefficient (Wildman–Crippen LogP) is 1.86. The molecule has 0 aliphatic carbocycles. The smallest absolute Gasteiger partial charge is 0.280 e. The zero-order chi connectivity index (χ0) is 18.2. The Morgan fingerprint density at radius 2 is 2.20 bits per heavy atom. The van der Waals surface area contributed by atoms with Crippen molar-refractivity contribution in [1.29, 1.82) is 0 Å². The van der Waals surface area contributed by atoms with E-state index >= 15 is 0 Å². The topological polar surface area (TPSA) is 112 Å². The number of carbonyl (C=O) groups is 1. The molecule has 2 atom stereocenters. The number of aromatic hydroxyl groups is 1. The molecule has 0 saturated carbocycles. The average molecular weight is 386 g/mol. The number of carbonyl (C=O) groups excluding carboxylic acids is 1. The molecule has 1 aromatic heterocycles. The lowest BCUT2D eigenvalue weighted by Gasteiger charge is -2.35. The number of phenols is 1. The van der Waals surface area contributed by atoms with E-state index in [1.807, 2.05) is 0 Å². The number of rotatable bonds is 3. The third-order valence-corrected chi connectivity index (χ3v) is 5.80. The zero-order valence-corrected chi connectivity index (χ0v) is 14.7. The second-order valence-corrected chi connectivity index (χ2v) is 7.81. The van der Waals surface area contributed by atoms with E-state index in [0.717, 1.165) is 4.31 Å². The van der Waals surface area contributed by atoms with E-state index in [-0.39, 0.29) is 17.9 Å². The molecular weight excluding hydrogens is 370 g/mol. The molecule has 1 amide bonds. The number of hydrogen-bond acceptors (Lipinski definition) is 5. The zero-order valence-electron chi connectivity index (χ0n) is 13.1. The van der Waals surface area contributed by atoms with E-state index in [1.165, 1.54) is 31.5 Å². The number of hydrogen-bond donors (Lipinski definition) is 3. The van der Waals surface area contributed by atoms with Gasteiger partial charge in [0.2, 0.25) is 5.91 Å². The maximum Gasteiger partial charge on any atom is 0.280 e. The first-order chi connectivity index (χ1) is 11.8. The van der Waals surface area contributed by atoms with Gasteiger partial charge in [-0.3, -0.25) is 4.79 Å². The lowest BCUT2D eigenvalue weighted by Crippen LogP contribution is -2.55. The Morgan fingerprint density at radius 3 is 2.88 bits per heavy atom. The van der Waals surface area contributed by atoms with Crippen LogP contribution < -0.4 is 10.0 Å². The number of halogens is 1. The fourth-order valence-corrected chi connectivity index (χ4v) is 4.04. The van der Waals surface area contributed by atoms with Crippen LogP contribution in [0.3, 0.4) is 0 Å². The predicted molar refractivity (Wildman–Crippen MR) is 91.4 cm³/mol. The molecule has 3 rings (SSSR count). The lowest BCUT2D eigenvalue weighted by molar-refractivity contribution is -0.120. The average Bonchev–Trinajstić information content (AvgIpc) is 3.07. The molecule has 25 heavy (non-hydrogen) atoms. The van der Waals surface area contributed by atoms with Gasteiger partial charge in [-0.2, -0.15) is 17.4 Å². The summed E-state index contributed by atoms with van der Waals surface area (Å²) in [5.74, 6) is -0.332. The number of benzene rings is 1. The highest BCUT2D eigenvalue weighted by molar-refractivity contribution is 7.87. The minimum absolute atomic E-state index is 0.108. The molecule has 1 aliphatic heterocycles. The van der Waals surface area contributed by atoms with Gasteiger partial charge in [0.05, 0.1) is 18.0 Å². The maximum absolute atomic E-state index is 12.6. The SMILES string of the molecule is CN1C(C(=O)Nc2cc(Cl)ccc2O)CC(c2ccco2)NS1(=O)=O. The molecule has 0 spiro atoms. The van der Waals surface area contributed by atoms with Crippen LogP contribution in [0.2, 0.25) is 5.02 Å². The fraction of sp³-hybridized carbons (Fsp3) is 0.267. The number of phenolic OH excluding ortho intramolecular Hbond substituents is 1. The highest BCUT2D eigenvalue weighted by Gasteiger charge is 2.41. The van der Waals surface area contributed by atoms with Crippen LogP contribution in [-0.2, 0) is 15.0 Å². The molecule has 2 aromatic rings. The van der Waals surface area contributed by atoms with Gasteiger partial charge in [-0.25, -0.2) is 0 Å². The summed E-state index contributed by atoms with van der Waals surface area (Å²) in [6, 6.07) is 5.82. The van der Waals surface area contributed by atoms with Gasteiger partial charge in [0.25, 0.3) is 10.2 Å². The van der Waals surface area contributed by atoms with Crippen molar-refractivity contribution in [2.45, 2.75) is 18.5 Å². The lowest BCUT2D eigenvalue weighted by atomic mass is 10.0. The standard InChI is InChI=1S/C15H16ClN3O5S/c1-19-12(15(21)17-10-7-9(16)4-5-13(10)20)8-11(18-25(19,22)23)14-3-2-6-24-14/h2-7,11-12,18,20H,8H2,1H3,(H,17,21). The monoisotopic (exact) mass is 385 g/mol. The molecule has 2 heterocycles. The minimum Gasteiger partial charge on any atom is -0.506 e. The van der Waals surface area contributed by atoms with Gasteiger partial charge >= 0.3 is 0 Å². The Hall–Kier alpha value is -2.07. The Morgan fingerprint density at radius 1 is 1.44 bits per heavy atom. The van der Waals surface area contributed by atoms with E-state index in [4.69, 9.17) is 16.0 Å². The van der Waals surface area contributed by atoms with Gasteiger partial charge < -0.3 is 14.8 Å². The summed E-state index contributed by atoms with van der Waals surface area (Å²) in [6.07, 6.45) is 1.59. The summed E-state index contributed by atoms with van der Waals surface area (Å²) in [7, 11) is -2.56. The molecule has 2 unspecified atom stereocenters. The van der Waals surface area contributed by atoms with Crippen molar-refractivity contribution in [2.75, 3.05) is 12.4 Å². The van der Waals surface area contributed by atoms with E-state index < -0.39 is 28.2 Å². The minimum atomic E-state index is -3.87. The second kappa shape index (κ2) is 6.68. The molecule has 1 saturated heterocycles. The fourth-order valence-electron chi connectivity index (χ4n) is 2.61. The van der Waals surface area contributed by atoms with Crippen LogP contribution in [0, 0.1) is 0 Å². The largest absolute Gasteiger partial charge is 0.506 e. The number of furan rings is 1. The van der Waals surface area contributed by atoms with Gasteiger partial charge in [-0.05, 0) is 36.8 Å². The molecule has 1 aliphatic rings. The van der Waals surface area contributed by atoms with Crippen molar-refractivity contribution in [1.82, 2.24) is 9.03 Å². The summed E-state index contributed by atoms with van der Waals surface area (Å²) in [4.78, 5) is 12.6. The Bertz CT molecular complexity index is 885. The van der Waals surface area contributed by atoms with Crippen molar-refractivity contribution >= 4 is 33.4 Å². The number of likely N-dealkylation sites (N-methyl/N-ethyl adjacent to an activating group) is 1. The summed E-state index contributed by atoms with van der Waals surface area (Å²) in [6.45, 7) is 0. The molecule has 0 radical (unpaired) electrons. The quantitative estimate of drug-likeness (QED) is 0.698. The van der Waals surface area contributed by atoms with E-state index in [2.05, 4.69) is 10.0 Å². The first-order valence-corrected chi connectivity index (χ1v) is 9.18. The van der Waals surface area contributed by atoms with Crippen LogP contribution in [0.1, 0.15) is 18.2 Å². The highest BCUT2D eigenvalue weighted by Crippen LogP contribution is 2.31. The molecule has 3 N–H and O–H groups in total. The summed E-state index contributed by atoms with van der Waals surface area (Å²) < 4.78 is 33.3. The van der Waals surface area contributed by atoms with E-state index in [0.29, 0.717) is 10.8 Å². The van der Waals surface area contributed by atoms with Crippen LogP contribution in [0.25, 0.3) is 0 Å². The molecule has 0 bridgehead atoms. The van der Waals surface area contributed by atoms with Gasteiger partial charge in [-0.15, -0.1) is 0 Å². The van der Waals surface area contributed by atoms with Crippen molar-refractivity contribution in [2.24, 2.45) is 0 Å². The van der Waals surface area contributed by atoms with Crippen LogP contribution in [0.5, 0.6) is 5.75 Å². The molecular formula is C15H16ClN3O5S. The molecule has 1 fully saturated rings. The number of nitrogens with zero attached hydrogens (tertiary/aromatic N) is 1. The highest BCUT2D eigenvalue weighted by atomic mass is 35.5. The van der Waals surface area contributed by atoms with Crippen molar-refractivity contribution in [3.8, 4) is 5.75 Å². The van der Waals surface area contributed by atoms with Gasteiger partial charge in [0, 0.05) is 12.1 Å². The van der Waals surface area contributed by atoms with Crippen LogP contribution in [0.15, 0.2) is 41.0 Å². The molecule has 1 aromatic carbocycles. The van der Waals surface area contributed by atoms with E-state index in [1.54, 1.807) is 12.1 Å². The third-order valence-electron chi connectivity index (χ3n) is 3.97. The van der Waals surface area contributed by atoms with Gasteiger partial charge in [0.1, 0.15) is 17.6 Å². The summed E-state index contributed by atoms with van der Waals surface area (Å²) in [5, 5.41) is 12.7. The Balaban J connectivity index is 1.85. The summed E-state index contributed by atoms with van der Waals surface area (Å²) >= 11 is 5.86. The van der Waals surface area contributed by atoms with Crippen molar-refractivity contribution < 1.29 is 22.7 Å². The maximum atomic E-state index is 12.6. The summed E-state index contributed by atoms with van der Waals surface area (Å²) in [5.41, 5.74) is 0.108. The van der Waals surface area contributed by atoms with Crippen LogP contribution >= 0.6 is 11.6 Å². The Labute approximate surface area is 149 Å². The Kier molecular flexibility index (Phi) is 4.74. The molecule has 10 heteroatoms. The number of anilines is 1. The van der Waals surface area contributed by atoms with Crippen molar-refractivity contribution in [3.63, 3.8) is 0 Å². The third kappa shape index (κ3) is 3.64. The van der Waals surface area contributed by atoms with Gasteiger partial charge in [-0.1, -0.05) is 11.6 Å². The first kappa shape index (κ1) is 17.7. The normalized spacial score (nSPS) is 23.3. The molecule has 8 nitrogen and oxygen atoms in total. The number of amides is 1. The van der Waals surface area contributed by atoms with Gasteiger partial charge in [0.15, 0.2) is 0 Å².